The largest absolute Gasteiger partial charge is 0.394 e. The van der Waals surface area contributed by atoms with Gasteiger partial charge in [-0.15, -0.1) is 0 Å². The first-order chi connectivity index (χ1) is 10.8. The molecule has 4 nitrogen and oxygen atoms in total. The molecule has 23 heavy (non-hydrogen) atoms. The van der Waals surface area contributed by atoms with Crippen LogP contribution in [0, 0.1) is 13.8 Å². The molecule has 0 amide bonds. The highest BCUT2D eigenvalue weighted by molar-refractivity contribution is 5.46. The van der Waals surface area contributed by atoms with Crippen LogP contribution in [0.5, 0.6) is 0 Å². The molecule has 0 aliphatic carbocycles. The molecule has 0 saturated heterocycles. The lowest BCUT2D eigenvalue weighted by atomic mass is 10.1. The molecule has 0 radical (unpaired) electrons. The Morgan fingerprint density at radius 2 is 1.83 bits per heavy atom. The third-order valence-corrected chi connectivity index (χ3v) is 3.67. The van der Waals surface area contributed by atoms with Gasteiger partial charge in [-0.05, 0) is 31.5 Å². The number of nitrogens with one attached hydrogen (secondary N) is 1. The lowest BCUT2D eigenvalue weighted by Gasteiger charge is -2.10. The summed E-state index contributed by atoms with van der Waals surface area (Å²) in [6.07, 6.45) is -5.11. The third kappa shape index (κ3) is 4.72. The fourth-order valence-electron chi connectivity index (χ4n) is 2.46. The van der Waals surface area contributed by atoms with Crippen LogP contribution in [0.15, 0.2) is 24.3 Å². The molecule has 0 bridgehead atoms. The number of aryl methyl sites for hydroxylation is 1. The van der Waals surface area contributed by atoms with Crippen LogP contribution in [0.2, 0.25) is 0 Å². The summed E-state index contributed by atoms with van der Waals surface area (Å²) >= 11 is 0. The van der Waals surface area contributed by atoms with Crippen LogP contribution >= 0.6 is 0 Å². The van der Waals surface area contributed by atoms with Crippen molar-refractivity contribution in [2.75, 3.05) is 11.9 Å². The van der Waals surface area contributed by atoms with E-state index in [0.29, 0.717) is 13.1 Å². The maximum atomic E-state index is 12.3. The number of nitrogens with zero attached hydrogens (tertiary/aromatic N) is 2. The first-order valence-electron chi connectivity index (χ1n) is 7.33. The van der Waals surface area contributed by atoms with Gasteiger partial charge in [0.15, 0.2) is 0 Å². The smallest absolute Gasteiger partial charge is 0.393 e. The Morgan fingerprint density at radius 3 is 2.39 bits per heavy atom. The topological polar surface area (TPSA) is 50.1 Å². The number of halogens is 3. The van der Waals surface area contributed by atoms with E-state index in [2.05, 4.69) is 10.4 Å². The molecule has 2 N–H and O–H groups in total. The zero-order valence-corrected chi connectivity index (χ0v) is 13.1. The molecule has 126 valence electrons. The molecule has 7 heteroatoms. The Hall–Kier alpha value is -2.02. The van der Waals surface area contributed by atoms with E-state index < -0.39 is 12.6 Å². The summed E-state index contributed by atoms with van der Waals surface area (Å²) in [5.41, 5.74) is 3.86. The van der Waals surface area contributed by atoms with Gasteiger partial charge in [-0.25, -0.2) is 0 Å². The van der Waals surface area contributed by atoms with Crippen LogP contribution in [-0.4, -0.2) is 27.7 Å². The van der Waals surface area contributed by atoms with Gasteiger partial charge in [0, 0.05) is 23.5 Å². The lowest BCUT2D eigenvalue weighted by Crippen LogP contribution is -2.11. The second-order valence-corrected chi connectivity index (χ2v) is 5.44. The van der Waals surface area contributed by atoms with E-state index in [-0.39, 0.29) is 12.2 Å². The van der Waals surface area contributed by atoms with Gasteiger partial charge in [0.2, 0.25) is 0 Å². The number of rotatable bonds is 6. The normalized spacial score (nSPS) is 11.7. The SMILES string of the molecule is Cc1nn(CCO)c(C)c1CNc1ccc(CC(F)(F)F)cc1. The van der Waals surface area contributed by atoms with E-state index in [0.717, 1.165) is 22.6 Å². The molecule has 1 aromatic heterocycles. The van der Waals surface area contributed by atoms with Gasteiger partial charge >= 0.3 is 6.18 Å². The minimum atomic E-state index is -4.19. The summed E-state index contributed by atoms with van der Waals surface area (Å²) in [5.74, 6) is 0. The molecule has 1 heterocycles. The lowest BCUT2D eigenvalue weighted by molar-refractivity contribution is -0.127. The fourth-order valence-corrected chi connectivity index (χ4v) is 2.46. The van der Waals surface area contributed by atoms with Crippen LogP contribution in [0.1, 0.15) is 22.5 Å². The van der Waals surface area contributed by atoms with Crippen molar-refractivity contribution in [1.82, 2.24) is 9.78 Å². The Bertz CT molecular complexity index is 648. The average Bonchev–Trinajstić information content (AvgIpc) is 2.72. The van der Waals surface area contributed by atoms with Crippen molar-refractivity contribution in [1.29, 1.82) is 0 Å². The van der Waals surface area contributed by atoms with E-state index in [4.69, 9.17) is 5.11 Å². The summed E-state index contributed by atoms with van der Waals surface area (Å²) in [6, 6.07) is 6.24. The summed E-state index contributed by atoms with van der Waals surface area (Å²) in [7, 11) is 0. The molecule has 2 rings (SSSR count). The molecule has 0 spiro atoms. The van der Waals surface area contributed by atoms with Crippen molar-refractivity contribution in [3.63, 3.8) is 0 Å². The van der Waals surface area contributed by atoms with E-state index >= 15 is 0 Å². The minimum absolute atomic E-state index is 0.0233. The quantitative estimate of drug-likeness (QED) is 0.856. The molecule has 0 atom stereocenters. The summed E-state index contributed by atoms with van der Waals surface area (Å²) < 4.78 is 38.7. The summed E-state index contributed by atoms with van der Waals surface area (Å²) in [6.45, 7) is 4.82. The number of aliphatic hydroxyl groups is 1. The summed E-state index contributed by atoms with van der Waals surface area (Å²) in [4.78, 5) is 0. The molecule has 0 aliphatic rings. The van der Waals surface area contributed by atoms with E-state index in [9.17, 15) is 13.2 Å². The standard InChI is InChI=1S/C16H20F3N3O/c1-11-15(12(2)22(21-11)7-8-23)10-20-14-5-3-13(4-6-14)9-16(17,18)19/h3-6,20,23H,7-10H2,1-2H3. The Morgan fingerprint density at radius 1 is 1.17 bits per heavy atom. The molecule has 0 unspecified atom stereocenters. The van der Waals surface area contributed by atoms with Crippen molar-refractivity contribution >= 4 is 5.69 Å². The number of hydrogen-bond donors (Lipinski definition) is 2. The Balaban J connectivity index is 2.01. The minimum Gasteiger partial charge on any atom is -0.394 e. The Labute approximate surface area is 132 Å². The maximum absolute atomic E-state index is 12.3. The van der Waals surface area contributed by atoms with E-state index in [1.807, 2.05) is 13.8 Å². The molecule has 0 saturated carbocycles. The van der Waals surface area contributed by atoms with Gasteiger partial charge in [-0.2, -0.15) is 18.3 Å². The van der Waals surface area contributed by atoms with Crippen molar-refractivity contribution in [3.05, 3.63) is 46.8 Å². The Kier molecular flexibility index (Phi) is 5.30. The van der Waals surface area contributed by atoms with Crippen molar-refractivity contribution in [2.45, 2.75) is 39.5 Å². The predicted octanol–water partition coefficient (Wildman–Crippen LogP) is 3.21. The predicted molar refractivity (Wildman–Crippen MR) is 82.3 cm³/mol. The first kappa shape index (κ1) is 17.3. The molecule has 2 aromatic rings. The highest BCUT2D eigenvalue weighted by Crippen LogP contribution is 2.22. The first-order valence-corrected chi connectivity index (χ1v) is 7.33. The van der Waals surface area contributed by atoms with Gasteiger partial charge in [0.05, 0.1) is 25.3 Å². The van der Waals surface area contributed by atoms with Gasteiger partial charge < -0.3 is 10.4 Å². The fraction of sp³-hybridized carbons (Fsp3) is 0.438. The molecule has 0 fully saturated rings. The second kappa shape index (κ2) is 7.04. The monoisotopic (exact) mass is 327 g/mol. The second-order valence-electron chi connectivity index (χ2n) is 5.44. The van der Waals surface area contributed by atoms with Crippen LogP contribution in [-0.2, 0) is 19.5 Å². The number of benzene rings is 1. The van der Waals surface area contributed by atoms with Crippen molar-refractivity contribution in [2.24, 2.45) is 0 Å². The highest BCUT2D eigenvalue weighted by Gasteiger charge is 2.27. The third-order valence-electron chi connectivity index (χ3n) is 3.67. The van der Waals surface area contributed by atoms with Crippen LogP contribution in [0.3, 0.4) is 0 Å². The zero-order chi connectivity index (χ0) is 17.0. The molecule has 0 aliphatic heterocycles. The number of anilines is 1. The van der Waals surface area contributed by atoms with Gasteiger partial charge in [-0.3, -0.25) is 4.68 Å². The maximum Gasteiger partial charge on any atom is 0.393 e. The summed E-state index contributed by atoms with van der Waals surface area (Å²) in [5, 5.41) is 16.6. The highest BCUT2D eigenvalue weighted by atomic mass is 19.4. The zero-order valence-electron chi connectivity index (χ0n) is 13.1. The van der Waals surface area contributed by atoms with Gasteiger partial charge in [0.25, 0.3) is 0 Å². The number of hydrogen-bond acceptors (Lipinski definition) is 3. The average molecular weight is 327 g/mol. The van der Waals surface area contributed by atoms with Crippen LogP contribution < -0.4 is 5.32 Å². The van der Waals surface area contributed by atoms with E-state index in [1.165, 1.54) is 12.1 Å². The van der Waals surface area contributed by atoms with Gasteiger partial charge in [0.1, 0.15) is 0 Å². The number of aliphatic hydroxyl groups excluding tert-OH is 1. The number of aromatic nitrogens is 2. The molecule has 1 aromatic carbocycles. The van der Waals surface area contributed by atoms with Crippen molar-refractivity contribution in [3.8, 4) is 0 Å². The molecular formula is C16H20F3N3O. The van der Waals surface area contributed by atoms with Crippen LogP contribution in [0.25, 0.3) is 0 Å². The van der Waals surface area contributed by atoms with Gasteiger partial charge in [-0.1, -0.05) is 12.1 Å². The van der Waals surface area contributed by atoms with Crippen molar-refractivity contribution < 1.29 is 18.3 Å². The molecular weight excluding hydrogens is 307 g/mol. The van der Waals surface area contributed by atoms with E-state index in [1.54, 1.807) is 16.8 Å². The number of alkyl halides is 3. The van der Waals surface area contributed by atoms with Crippen LogP contribution in [0.4, 0.5) is 18.9 Å².